The van der Waals surface area contributed by atoms with E-state index in [9.17, 15) is 4.79 Å². The van der Waals surface area contributed by atoms with E-state index in [2.05, 4.69) is 0 Å². The summed E-state index contributed by atoms with van der Waals surface area (Å²) in [6, 6.07) is 0. The second kappa shape index (κ2) is 6.37. The minimum absolute atomic E-state index is 0.0408. The molecule has 0 bridgehead atoms. The van der Waals surface area contributed by atoms with Gasteiger partial charge in [0.1, 0.15) is 5.78 Å². The lowest BCUT2D eigenvalue weighted by Crippen LogP contribution is -2.47. The molecule has 3 fully saturated rings. The van der Waals surface area contributed by atoms with Gasteiger partial charge in [-0.05, 0) is 38.5 Å². The third kappa shape index (κ3) is 3.05. The molecule has 2 aliphatic carbocycles. The van der Waals surface area contributed by atoms with Crippen molar-refractivity contribution in [2.24, 2.45) is 17.1 Å². The van der Waals surface area contributed by atoms with Crippen molar-refractivity contribution in [3.05, 3.63) is 0 Å². The molecule has 3 heteroatoms. The molecule has 1 spiro atoms. The van der Waals surface area contributed by atoms with E-state index < -0.39 is 0 Å². The van der Waals surface area contributed by atoms with Gasteiger partial charge in [0, 0.05) is 24.5 Å². The summed E-state index contributed by atoms with van der Waals surface area (Å²) < 4.78 is 6.10. The number of carbonyl (C=O) groups is 1. The van der Waals surface area contributed by atoms with Crippen LogP contribution < -0.4 is 5.73 Å². The van der Waals surface area contributed by atoms with Gasteiger partial charge in [-0.1, -0.05) is 38.5 Å². The second-order valence-electron chi connectivity index (χ2n) is 7.69. The highest BCUT2D eigenvalue weighted by atomic mass is 16.5. The van der Waals surface area contributed by atoms with Crippen LogP contribution in [0, 0.1) is 11.3 Å². The Bertz CT molecular complexity index is 365. The number of nitrogens with two attached hydrogens (primary N) is 1. The van der Waals surface area contributed by atoms with Crippen LogP contribution in [0.2, 0.25) is 0 Å². The minimum atomic E-state index is -0.210. The summed E-state index contributed by atoms with van der Waals surface area (Å²) in [5.41, 5.74) is 5.94. The molecule has 3 rings (SSSR count). The van der Waals surface area contributed by atoms with Crippen molar-refractivity contribution in [2.45, 2.75) is 82.7 Å². The van der Waals surface area contributed by atoms with Crippen LogP contribution in [0.15, 0.2) is 0 Å². The van der Waals surface area contributed by atoms with Gasteiger partial charge in [-0.15, -0.1) is 0 Å². The average molecular weight is 293 g/mol. The van der Waals surface area contributed by atoms with E-state index in [0.717, 1.165) is 45.1 Å². The first-order valence-corrected chi connectivity index (χ1v) is 9.08. The fourth-order valence-corrected chi connectivity index (χ4v) is 5.01. The topological polar surface area (TPSA) is 52.3 Å². The van der Waals surface area contributed by atoms with Gasteiger partial charge < -0.3 is 10.5 Å². The van der Waals surface area contributed by atoms with Gasteiger partial charge in [-0.25, -0.2) is 0 Å². The normalized spacial score (nSPS) is 32.0. The Kier molecular flexibility index (Phi) is 4.70. The number of hydrogen-bond donors (Lipinski definition) is 1. The van der Waals surface area contributed by atoms with Gasteiger partial charge >= 0.3 is 0 Å². The van der Waals surface area contributed by atoms with Crippen molar-refractivity contribution in [1.82, 2.24) is 0 Å². The maximum atomic E-state index is 13.3. The van der Waals surface area contributed by atoms with Crippen molar-refractivity contribution in [3.63, 3.8) is 0 Å². The Morgan fingerprint density at radius 1 is 1.00 bits per heavy atom. The molecule has 1 saturated heterocycles. The first-order chi connectivity index (χ1) is 10.2. The Morgan fingerprint density at radius 2 is 1.62 bits per heavy atom. The highest BCUT2D eigenvalue weighted by Gasteiger charge is 2.47. The predicted octanol–water partition coefficient (Wildman–Crippen LogP) is 3.59. The van der Waals surface area contributed by atoms with Gasteiger partial charge in [0.25, 0.3) is 0 Å². The highest BCUT2D eigenvalue weighted by molar-refractivity contribution is 5.87. The van der Waals surface area contributed by atoms with E-state index >= 15 is 0 Å². The fourth-order valence-electron chi connectivity index (χ4n) is 5.01. The van der Waals surface area contributed by atoms with E-state index in [-0.39, 0.29) is 16.9 Å². The first kappa shape index (κ1) is 15.5. The number of rotatable bonds is 3. The smallest absolute Gasteiger partial charge is 0.143 e. The number of Topliss-reactive ketones (excluding diaryl/α,β-unsaturated/α-hetero) is 1. The molecular weight excluding hydrogens is 262 g/mol. The Morgan fingerprint density at radius 3 is 2.24 bits per heavy atom. The van der Waals surface area contributed by atoms with Crippen molar-refractivity contribution in [2.75, 3.05) is 13.2 Å². The molecule has 0 aromatic heterocycles. The molecule has 21 heavy (non-hydrogen) atoms. The van der Waals surface area contributed by atoms with E-state index in [4.69, 9.17) is 10.5 Å². The summed E-state index contributed by atoms with van der Waals surface area (Å²) in [7, 11) is 0. The summed E-state index contributed by atoms with van der Waals surface area (Å²) in [4.78, 5) is 13.3. The van der Waals surface area contributed by atoms with Crippen LogP contribution in [0.3, 0.4) is 0 Å². The van der Waals surface area contributed by atoms with Crippen LogP contribution in [0.5, 0.6) is 0 Å². The van der Waals surface area contributed by atoms with Crippen LogP contribution >= 0.6 is 0 Å². The van der Waals surface area contributed by atoms with Crippen molar-refractivity contribution in [3.8, 4) is 0 Å². The monoisotopic (exact) mass is 293 g/mol. The van der Waals surface area contributed by atoms with Crippen molar-refractivity contribution < 1.29 is 9.53 Å². The summed E-state index contributed by atoms with van der Waals surface area (Å²) in [5, 5.41) is 0. The van der Waals surface area contributed by atoms with Gasteiger partial charge in [-0.3, -0.25) is 4.79 Å². The van der Waals surface area contributed by atoms with E-state index in [1.54, 1.807) is 0 Å². The fraction of sp³-hybridized carbons (Fsp3) is 0.944. The zero-order chi connectivity index (χ0) is 14.8. The number of ketones is 1. The van der Waals surface area contributed by atoms with E-state index in [1.165, 1.54) is 38.5 Å². The Labute approximate surface area is 129 Å². The molecule has 0 amide bonds. The molecule has 3 aliphatic rings. The summed E-state index contributed by atoms with van der Waals surface area (Å²) >= 11 is 0. The maximum Gasteiger partial charge on any atom is 0.143 e. The molecule has 120 valence electrons. The second-order valence-corrected chi connectivity index (χ2v) is 7.69. The van der Waals surface area contributed by atoms with Gasteiger partial charge in [0.05, 0.1) is 5.60 Å². The maximum absolute atomic E-state index is 13.3. The quantitative estimate of drug-likeness (QED) is 0.809. The molecule has 0 aromatic rings. The van der Waals surface area contributed by atoms with Crippen LogP contribution in [0.1, 0.15) is 77.0 Å². The molecule has 1 heterocycles. The molecule has 1 unspecified atom stereocenters. The van der Waals surface area contributed by atoms with Gasteiger partial charge in [0.15, 0.2) is 0 Å². The van der Waals surface area contributed by atoms with Crippen LogP contribution in [-0.4, -0.2) is 24.5 Å². The third-order valence-electron chi connectivity index (χ3n) is 6.35. The lowest BCUT2D eigenvalue weighted by atomic mass is 9.68. The Balaban J connectivity index is 1.73. The zero-order valence-electron chi connectivity index (χ0n) is 13.4. The molecule has 0 radical (unpaired) electrons. The lowest BCUT2D eigenvalue weighted by molar-refractivity contribution is -0.146. The summed E-state index contributed by atoms with van der Waals surface area (Å²) in [5.74, 6) is 0.694. The van der Waals surface area contributed by atoms with Crippen LogP contribution in [0.25, 0.3) is 0 Å². The zero-order valence-corrected chi connectivity index (χ0v) is 13.4. The SMILES string of the molecule is NCC1(C(=O)C2CCOC3(CCCC3)C2)CCCCCC1. The van der Waals surface area contributed by atoms with E-state index in [0.29, 0.717) is 12.3 Å². The van der Waals surface area contributed by atoms with Crippen molar-refractivity contribution in [1.29, 1.82) is 0 Å². The van der Waals surface area contributed by atoms with Gasteiger partial charge in [0.2, 0.25) is 0 Å². The molecular formula is C18H31NO2. The summed E-state index contributed by atoms with van der Waals surface area (Å²) in [6.45, 7) is 1.33. The number of carbonyl (C=O) groups excluding carboxylic acids is 1. The molecule has 3 nitrogen and oxygen atoms in total. The lowest BCUT2D eigenvalue weighted by Gasteiger charge is -2.41. The first-order valence-electron chi connectivity index (χ1n) is 9.08. The third-order valence-corrected chi connectivity index (χ3v) is 6.35. The van der Waals surface area contributed by atoms with Crippen LogP contribution in [0.4, 0.5) is 0 Å². The predicted molar refractivity (Wildman–Crippen MR) is 84.1 cm³/mol. The molecule has 2 saturated carbocycles. The standard InChI is InChI=1S/C18H31NO2/c19-14-17(8-3-1-2-4-9-17)16(20)15-7-12-21-18(13-15)10-5-6-11-18/h15H,1-14,19H2. The number of ether oxygens (including phenoxy) is 1. The van der Waals surface area contributed by atoms with E-state index in [1.807, 2.05) is 0 Å². The highest BCUT2D eigenvalue weighted by Crippen LogP contribution is 2.46. The number of hydrogen-bond acceptors (Lipinski definition) is 3. The molecule has 1 aliphatic heterocycles. The minimum Gasteiger partial charge on any atom is -0.375 e. The van der Waals surface area contributed by atoms with Crippen molar-refractivity contribution >= 4 is 5.78 Å². The largest absolute Gasteiger partial charge is 0.375 e. The molecule has 2 N–H and O–H groups in total. The van der Waals surface area contributed by atoms with Crippen LogP contribution in [-0.2, 0) is 9.53 Å². The van der Waals surface area contributed by atoms with Gasteiger partial charge in [-0.2, -0.15) is 0 Å². The average Bonchev–Trinajstić information content (AvgIpc) is 2.82. The summed E-state index contributed by atoms with van der Waals surface area (Å²) in [6.07, 6.45) is 13.7. The molecule has 0 aromatic carbocycles. The molecule has 1 atom stereocenters. The Hall–Kier alpha value is -0.410.